The number of rotatable bonds is 4. The van der Waals surface area contributed by atoms with Gasteiger partial charge in [-0.1, -0.05) is 18.0 Å². The molecule has 2 aromatic heterocycles. The van der Waals surface area contributed by atoms with Gasteiger partial charge in [-0.25, -0.2) is 14.4 Å². The third kappa shape index (κ3) is 3.39. The first-order valence-electron chi connectivity index (χ1n) is 7.18. The molecule has 0 aromatic carbocycles. The molecule has 8 heteroatoms. The second-order valence-electron chi connectivity index (χ2n) is 5.21. The fourth-order valence-electron chi connectivity index (χ4n) is 2.56. The highest BCUT2D eigenvalue weighted by Crippen LogP contribution is 2.29. The molecule has 118 valence electrons. The molecule has 1 atom stereocenters. The van der Waals surface area contributed by atoms with E-state index in [0.717, 1.165) is 19.4 Å². The summed E-state index contributed by atoms with van der Waals surface area (Å²) >= 11 is 11.5. The lowest BCUT2D eigenvalue weighted by atomic mass is 10.0. The van der Waals surface area contributed by atoms with Gasteiger partial charge in [-0.3, -0.25) is 0 Å². The van der Waals surface area contributed by atoms with Crippen molar-refractivity contribution in [2.24, 2.45) is 0 Å². The van der Waals surface area contributed by atoms with Crippen LogP contribution in [0.5, 0.6) is 5.88 Å². The number of nitrogens with one attached hydrogen (secondary N) is 1. The van der Waals surface area contributed by atoms with E-state index < -0.39 is 5.82 Å². The highest BCUT2D eigenvalue weighted by atomic mass is 35.5. The lowest BCUT2D eigenvalue weighted by molar-refractivity contribution is 0.263. The summed E-state index contributed by atoms with van der Waals surface area (Å²) in [6.07, 6.45) is 5.83. The van der Waals surface area contributed by atoms with Crippen molar-refractivity contribution in [1.82, 2.24) is 20.3 Å². The summed E-state index contributed by atoms with van der Waals surface area (Å²) in [5.74, 6) is -0.490. The van der Waals surface area contributed by atoms with E-state index in [-0.39, 0.29) is 21.8 Å². The van der Waals surface area contributed by atoms with Crippen LogP contribution < -0.4 is 10.1 Å². The Morgan fingerprint density at radius 1 is 1.32 bits per heavy atom. The number of halogens is 3. The van der Waals surface area contributed by atoms with Gasteiger partial charge >= 0.3 is 0 Å². The van der Waals surface area contributed by atoms with Gasteiger partial charge in [-0.05, 0) is 37.4 Å². The molecule has 1 aliphatic rings. The van der Waals surface area contributed by atoms with Crippen molar-refractivity contribution in [3.05, 3.63) is 22.5 Å². The summed E-state index contributed by atoms with van der Waals surface area (Å²) in [6.45, 7) is 1.50. The van der Waals surface area contributed by atoms with Crippen LogP contribution in [0.3, 0.4) is 0 Å². The molecule has 0 unspecified atom stereocenters. The molecule has 1 saturated heterocycles. The smallest absolute Gasteiger partial charge is 0.226 e. The number of piperidine rings is 1. The van der Waals surface area contributed by atoms with Crippen molar-refractivity contribution in [3.63, 3.8) is 0 Å². The Balaban J connectivity index is 1.76. The minimum atomic E-state index is -0.720. The maximum atomic E-state index is 14.0. The highest BCUT2D eigenvalue weighted by Gasteiger charge is 2.17. The Morgan fingerprint density at radius 3 is 2.95 bits per heavy atom. The Morgan fingerprint density at radius 2 is 2.18 bits per heavy atom. The quantitative estimate of drug-likeness (QED) is 0.680. The first-order valence-corrected chi connectivity index (χ1v) is 7.94. The van der Waals surface area contributed by atoms with Gasteiger partial charge in [-0.15, -0.1) is 0 Å². The molecular formula is C14H15Cl2FN4O. The van der Waals surface area contributed by atoms with Crippen LogP contribution in [-0.2, 0) is 0 Å². The van der Waals surface area contributed by atoms with E-state index in [1.165, 1.54) is 19.0 Å². The van der Waals surface area contributed by atoms with E-state index in [4.69, 9.17) is 27.9 Å². The molecule has 0 aliphatic carbocycles. The molecule has 2 aromatic rings. The minimum absolute atomic E-state index is 0.0193. The number of nitrogens with zero attached hydrogens (tertiary/aromatic N) is 3. The van der Waals surface area contributed by atoms with Gasteiger partial charge in [0.2, 0.25) is 11.2 Å². The van der Waals surface area contributed by atoms with E-state index in [1.807, 2.05) is 0 Å². The maximum Gasteiger partial charge on any atom is 0.226 e. The lowest BCUT2D eigenvalue weighted by Gasteiger charge is -2.23. The Kier molecular flexibility index (Phi) is 4.90. The molecule has 0 radical (unpaired) electrons. The average molecular weight is 345 g/mol. The van der Waals surface area contributed by atoms with Gasteiger partial charge in [0.1, 0.15) is 5.52 Å². The summed E-state index contributed by atoms with van der Waals surface area (Å²) in [4.78, 5) is 11.6. The number of pyridine rings is 1. The summed E-state index contributed by atoms with van der Waals surface area (Å²) in [5.41, 5.74) is 0.0193. The van der Waals surface area contributed by atoms with Crippen molar-refractivity contribution in [2.45, 2.75) is 31.7 Å². The maximum absolute atomic E-state index is 14.0. The molecule has 0 amide bonds. The minimum Gasteiger partial charge on any atom is -0.477 e. The monoisotopic (exact) mass is 344 g/mol. The summed E-state index contributed by atoms with van der Waals surface area (Å²) in [5, 5.41) is 3.47. The molecule has 5 nitrogen and oxygen atoms in total. The van der Waals surface area contributed by atoms with Crippen molar-refractivity contribution in [3.8, 4) is 5.88 Å². The fourth-order valence-corrected chi connectivity index (χ4v) is 2.86. The summed E-state index contributed by atoms with van der Waals surface area (Å²) < 4.78 is 19.6. The van der Waals surface area contributed by atoms with Gasteiger partial charge in [0, 0.05) is 12.2 Å². The first kappa shape index (κ1) is 15.6. The molecule has 0 bridgehead atoms. The highest BCUT2D eigenvalue weighted by molar-refractivity contribution is 6.30. The van der Waals surface area contributed by atoms with Crippen LogP contribution in [0.25, 0.3) is 10.9 Å². The van der Waals surface area contributed by atoms with E-state index >= 15 is 0 Å². The molecule has 1 fully saturated rings. The van der Waals surface area contributed by atoms with Crippen molar-refractivity contribution in [1.29, 1.82) is 0 Å². The van der Waals surface area contributed by atoms with Crippen LogP contribution in [-0.4, -0.2) is 34.1 Å². The van der Waals surface area contributed by atoms with E-state index in [1.54, 1.807) is 0 Å². The van der Waals surface area contributed by atoms with Crippen molar-refractivity contribution in [2.75, 3.05) is 13.2 Å². The molecule has 0 saturated carbocycles. The summed E-state index contributed by atoms with van der Waals surface area (Å²) in [6, 6.07) is 0.446. The van der Waals surface area contributed by atoms with E-state index in [9.17, 15) is 4.39 Å². The number of hydrogen-bond acceptors (Lipinski definition) is 5. The third-order valence-electron chi connectivity index (χ3n) is 3.70. The number of hydrogen-bond donors (Lipinski definition) is 1. The van der Waals surface area contributed by atoms with Gasteiger partial charge in [0.05, 0.1) is 12.0 Å². The van der Waals surface area contributed by atoms with Crippen molar-refractivity contribution < 1.29 is 9.13 Å². The van der Waals surface area contributed by atoms with E-state index in [0.29, 0.717) is 18.0 Å². The topological polar surface area (TPSA) is 59.9 Å². The molecule has 22 heavy (non-hydrogen) atoms. The Labute approximate surface area is 137 Å². The van der Waals surface area contributed by atoms with Gasteiger partial charge in [-0.2, -0.15) is 4.98 Å². The summed E-state index contributed by atoms with van der Waals surface area (Å²) in [7, 11) is 0. The molecule has 1 aliphatic heterocycles. The fraction of sp³-hybridized carbons (Fsp3) is 0.500. The molecule has 0 spiro atoms. The van der Waals surface area contributed by atoms with Gasteiger partial charge in [0.15, 0.2) is 11.0 Å². The predicted molar refractivity (Wildman–Crippen MR) is 83.1 cm³/mol. The molecule has 1 N–H and O–H groups in total. The molecule has 3 rings (SSSR count). The van der Waals surface area contributed by atoms with E-state index in [2.05, 4.69) is 20.3 Å². The standard InChI is InChI=1S/C14H15Cl2FN4O/c15-12-10(17)11-9(7-19-14(16)20-11)13(21-12)22-6-4-8-3-1-2-5-18-8/h7-8,18H,1-6H2/t8-/m1/s1. The zero-order chi connectivity index (χ0) is 15.5. The predicted octanol–water partition coefficient (Wildman–Crippen LogP) is 3.38. The number of ether oxygens (including phenoxy) is 1. The van der Waals surface area contributed by atoms with Crippen LogP contribution in [0.2, 0.25) is 10.4 Å². The van der Waals surface area contributed by atoms with Crippen LogP contribution in [0, 0.1) is 5.82 Å². The largest absolute Gasteiger partial charge is 0.477 e. The zero-order valence-electron chi connectivity index (χ0n) is 11.8. The van der Waals surface area contributed by atoms with Gasteiger partial charge in [0.25, 0.3) is 0 Å². The lowest BCUT2D eigenvalue weighted by Crippen LogP contribution is -2.35. The van der Waals surface area contributed by atoms with Gasteiger partial charge < -0.3 is 10.1 Å². The Hall–Kier alpha value is -1.24. The van der Waals surface area contributed by atoms with Crippen molar-refractivity contribution >= 4 is 34.1 Å². The number of fused-ring (bicyclic) bond motifs is 1. The SMILES string of the molecule is Fc1c(Cl)nc(OCC[C@H]2CCCCN2)c2cnc(Cl)nc12. The van der Waals surface area contributed by atoms with Crippen LogP contribution in [0.4, 0.5) is 4.39 Å². The normalized spacial score (nSPS) is 18.6. The molecule has 3 heterocycles. The first-order chi connectivity index (χ1) is 10.6. The second-order valence-corrected chi connectivity index (χ2v) is 5.90. The Bertz CT molecular complexity index is 679. The zero-order valence-corrected chi connectivity index (χ0v) is 13.3. The molecular weight excluding hydrogens is 330 g/mol. The number of aromatic nitrogens is 3. The average Bonchev–Trinajstić information content (AvgIpc) is 2.53. The van der Waals surface area contributed by atoms with Crippen LogP contribution >= 0.6 is 23.2 Å². The van der Waals surface area contributed by atoms with Crippen LogP contribution in [0.15, 0.2) is 6.20 Å². The third-order valence-corrected chi connectivity index (χ3v) is 4.13. The van der Waals surface area contributed by atoms with Crippen LogP contribution in [0.1, 0.15) is 25.7 Å². The second kappa shape index (κ2) is 6.89.